The number of hydrogen-bond acceptors (Lipinski definition) is 1. The topological polar surface area (TPSA) is 9.23 Å². The van der Waals surface area contributed by atoms with E-state index >= 15 is 0 Å². The molecule has 0 N–H and O–H groups in total. The van der Waals surface area contributed by atoms with Gasteiger partial charge in [-0.15, -0.1) is 0 Å². The smallest absolute Gasteiger partial charge is 0.129 e. The third-order valence-electron chi connectivity index (χ3n) is 4.53. The molecule has 1 atom stereocenters. The molecule has 2 aromatic rings. The van der Waals surface area contributed by atoms with Gasteiger partial charge < -0.3 is 4.74 Å². The molecule has 4 rings (SSSR count). The second-order valence-electron chi connectivity index (χ2n) is 7.15. The van der Waals surface area contributed by atoms with E-state index in [4.69, 9.17) is 4.74 Å². The standard InChI is InChI=1S/C20H19FO/c1-20(2,3)19-14-7-5-4-6-12(14)10-17-18(19)15-11-13(21)8-9-16(15)22-17/h4-9,11,17H,10H2,1-3H3. The summed E-state index contributed by atoms with van der Waals surface area (Å²) in [5.41, 5.74) is 5.94. The Morgan fingerprint density at radius 2 is 1.82 bits per heavy atom. The largest absolute Gasteiger partial charge is 0.485 e. The predicted octanol–water partition coefficient (Wildman–Crippen LogP) is 5.10. The van der Waals surface area contributed by atoms with Crippen molar-refractivity contribution in [3.63, 3.8) is 0 Å². The maximum Gasteiger partial charge on any atom is 0.129 e. The van der Waals surface area contributed by atoms with Gasteiger partial charge in [0.1, 0.15) is 17.7 Å². The minimum Gasteiger partial charge on any atom is -0.485 e. The van der Waals surface area contributed by atoms with Crippen molar-refractivity contribution in [2.45, 2.75) is 33.3 Å². The number of ether oxygens (including phenoxy) is 1. The maximum absolute atomic E-state index is 13.8. The SMILES string of the molecule is CC(C)(C)C1=C2c3cc(F)ccc3OC2Cc2ccccc21. The molecule has 1 aliphatic carbocycles. The van der Waals surface area contributed by atoms with Gasteiger partial charge in [0, 0.05) is 17.6 Å². The third kappa shape index (κ3) is 1.90. The predicted molar refractivity (Wildman–Crippen MR) is 87.2 cm³/mol. The normalized spacial score (nSPS) is 19.4. The van der Waals surface area contributed by atoms with Crippen LogP contribution in [-0.2, 0) is 6.42 Å². The van der Waals surface area contributed by atoms with Crippen LogP contribution in [0.4, 0.5) is 4.39 Å². The summed E-state index contributed by atoms with van der Waals surface area (Å²) in [5.74, 6) is 0.596. The molecule has 0 radical (unpaired) electrons. The van der Waals surface area contributed by atoms with Crippen LogP contribution in [-0.4, -0.2) is 6.10 Å². The maximum atomic E-state index is 13.8. The van der Waals surface area contributed by atoms with Crippen LogP contribution in [0.5, 0.6) is 5.75 Å². The number of fused-ring (bicyclic) bond motifs is 4. The van der Waals surface area contributed by atoms with Gasteiger partial charge in [-0.2, -0.15) is 0 Å². The molecule has 1 unspecified atom stereocenters. The fourth-order valence-corrected chi connectivity index (χ4v) is 3.74. The minimum atomic E-state index is -0.206. The highest BCUT2D eigenvalue weighted by atomic mass is 19.1. The van der Waals surface area contributed by atoms with Gasteiger partial charge in [-0.05, 0) is 40.3 Å². The zero-order valence-corrected chi connectivity index (χ0v) is 13.1. The van der Waals surface area contributed by atoms with Gasteiger partial charge in [0.05, 0.1) is 0 Å². The summed E-state index contributed by atoms with van der Waals surface area (Å²) < 4.78 is 19.9. The van der Waals surface area contributed by atoms with E-state index in [9.17, 15) is 4.39 Å². The van der Waals surface area contributed by atoms with Crippen molar-refractivity contribution < 1.29 is 9.13 Å². The molecule has 2 aromatic carbocycles. The van der Waals surface area contributed by atoms with E-state index < -0.39 is 0 Å². The first-order valence-corrected chi connectivity index (χ1v) is 7.74. The molecule has 1 aliphatic heterocycles. The van der Waals surface area contributed by atoms with Crippen LogP contribution < -0.4 is 4.74 Å². The Labute approximate surface area is 130 Å². The van der Waals surface area contributed by atoms with Crippen molar-refractivity contribution in [1.29, 1.82) is 0 Å². The van der Waals surface area contributed by atoms with E-state index in [-0.39, 0.29) is 17.3 Å². The molecule has 2 heteroatoms. The quantitative estimate of drug-likeness (QED) is 0.657. The number of rotatable bonds is 0. The molecule has 0 fully saturated rings. The summed E-state index contributed by atoms with van der Waals surface area (Å²) in [4.78, 5) is 0. The average Bonchev–Trinajstić information content (AvgIpc) is 2.80. The lowest BCUT2D eigenvalue weighted by atomic mass is 9.71. The highest BCUT2D eigenvalue weighted by Gasteiger charge is 2.39. The first-order chi connectivity index (χ1) is 10.4. The number of allylic oxidation sites excluding steroid dienone is 1. The van der Waals surface area contributed by atoms with Crippen LogP contribution in [0.15, 0.2) is 42.5 Å². The van der Waals surface area contributed by atoms with Crippen molar-refractivity contribution in [3.05, 3.63) is 65.0 Å². The first-order valence-electron chi connectivity index (χ1n) is 7.74. The van der Waals surface area contributed by atoms with Crippen molar-refractivity contribution in [2.75, 3.05) is 0 Å². The summed E-state index contributed by atoms with van der Waals surface area (Å²) in [6, 6.07) is 13.3. The summed E-state index contributed by atoms with van der Waals surface area (Å²) >= 11 is 0. The van der Waals surface area contributed by atoms with Crippen LogP contribution in [0.25, 0.3) is 11.1 Å². The van der Waals surface area contributed by atoms with Crippen molar-refractivity contribution in [2.24, 2.45) is 5.41 Å². The van der Waals surface area contributed by atoms with Crippen LogP contribution >= 0.6 is 0 Å². The molecule has 0 amide bonds. The lowest BCUT2D eigenvalue weighted by molar-refractivity contribution is 0.274. The van der Waals surface area contributed by atoms with Crippen LogP contribution in [0.1, 0.15) is 37.5 Å². The van der Waals surface area contributed by atoms with Crippen LogP contribution in [0.2, 0.25) is 0 Å². The summed E-state index contributed by atoms with van der Waals surface area (Å²) in [6.07, 6.45) is 0.849. The number of benzene rings is 2. The Morgan fingerprint density at radius 3 is 2.59 bits per heavy atom. The molecular weight excluding hydrogens is 275 g/mol. The fraction of sp³-hybridized carbons (Fsp3) is 0.300. The molecule has 2 aliphatic rings. The van der Waals surface area contributed by atoms with E-state index in [1.54, 1.807) is 12.1 Å². The lowest BCUT2D eigenvalue weighted by Gasteiger charge is -2.33. The van der Waals surface area contributed by atoms with E-state index in [2.05, 4.69) is 45.0 Å². The molecule has 0 spiro atoms. The Morgan fingerprint density at radius 1 is 1.05 bits per heavy atom. The molecular formula is C20H19FO. The Hall–Kier alpha value is -2.09. The molecule has 0 aromatic heterocycles. The fourth-order valence-electron chi connectivity index (χ4n) is 3.74. The summed E-state index contributed by atoms with van der Waals surface area (Å²) in [6.45, 7) is 6.64. The molecule has 0 saturated carbocycles. The molecule has 112 valence electrons. The Bertz CT molecular complexity index is 796. The van der Waals surface area contributed by atoms with Crippen LogP contribution in [0.3, 0.4) is 0 Å². The molecule has 0 bridgehead atoms. The zero-order valence-electron chi connectivity index (χ0n) is 13.1. The summed E-state index contributed by atoms with van der Waals surface area (Å²) in [7, 11) is 0. The van der Waals surface area contributed by atoms with Gasteiger partial charge in [-0.3, -0.25) is 0 Å². The molecule has 1 heterocycles. The lowest BCUT2D eigenvalue weighted by Crippen LogP contribution is -2.25. The van der Waals surface area contributed by atoms with Gasteiger partial charge in [0.25, 0.3) is 0 Å². The van der Waals surface area contributed by atoms with E-state index in [1.807, 2.05) is 0 Å². The van der Waals surface area contributed by atoms with Gasteiger partial charge in [-0.1, -0.05) is 45.0 Å². The number of halogens is 1. The highest BCUT2D eigenvalue weighted by molar-refractivity contribution is 6.00. The van der Waals surface area contributed by atoms with Gasteiger partial charge >= 0.3 is 0 Å². The second kappa shape index (κ2) is 4.45. The second-order valence-corrected chi connectivity index (χ2v) is 7.15. The molecule has 0 saturated heterocycles. The molecule has 22 heavy (non-hydrogen) atoms. The molecule has 1 nitrogen and oxygen atoms in total. The highest BCUT2D eigenvalue weighted by Crippen LogP contribution is 2.51. The average molecular weight is 294 g/mol. The van der Waals surface area contributed by atoms with E-state index in [1.165, 1.54) is 28.3 Å². The zero-order chi connectivity index (χ0) is 15.5. The van der Waals surface area contributed by atoms with Crippen molar-refractivity contribution in [3.8, 4) is 5.75 Å². The van der Waals surface area contributed by atoms with Crippen molar-refractivity contribution >= 4 is 11.1 Å². The minimum absolute atomic E-state index is 0.000856. The van der Waals surface area contributed by atoms with Gasteiger partial charge in [-0.25, -0.2) is 4.39 Å². The first kappa shape index (κ1) is 13.6. The van der Waals surface area contributed by atoms with Crippen LogP contribution in [0, 0.1) is 11.2 Å². The Kier molecular flexibility index (Phi) is 2.75. The summed E-state index contributed by atoms with van der Waals surface area (Å²) in [5, 5.41) is 0. The van der Waals surface area contributed by atoms with Gasteiger partial charge in [0.15, 0.2) is 0 Å². The monoisotopic (exact) mass is 294 g/mol. The van der Waals surface area contributed by atoms with E-state index in [0.717, 1.165) is 17.7 Å². The Balaban J connectivity index is 2.05. The van der Waals surface area contributed by atoms with Gasteiger partial charge in [0.2, 0.25) is 0 Å². The van der Waals surface area contributed by atoms with Crippen molar-refractivity contribution in [1.82, 2.24) is 0 Å². The number of hydrogen-bond donors (Lipinski definition) is 0. The third-order valence-corrected chi connectivity index (χ3v) is 4.53. The van der Waals surface area contributed by atoms with E-state index in [0.29, 0.717) is 0 Å².